The molecule has 3 aromatic rings. The number of rotatable bonds is 2. The number of carbonyl (C=O) groups is 1. The van der Waals surface area contributed by atoms with Crippen LogP contribution in [0.3, 0.4) is 0 Å². The average molecular weight is 391 g/mol. The molecule has 2 aromatic carbocycles. The molecule has 126 valence electrons. The number of fused-ring (bicyclic) bond motifs is 1. The van der Waals surface area contributed by atoms with Crippen LogP contribution in [0.25, 0.3) is 10.6 Å². The van der Waals surface area contributed by atoms with Crippen LogP contribution in [0, 0.1) is 5.82 Å². The zero-order chi connectivity index (χ0) is 17.4. The maximum atomic E-state index is 13.1. The molecule has 0 atom stereocenters. The largest absolute Gasteiger partial charge is 0.305 e. The van der Waals surface area contributed by atoms with E-state index in [9.17, 15) is 9.18 Å². The summed E-state index contributed by atoms with van der Waals surface area (Å²) in [5.74, 6) is 0.388. The summed E-state index contributed by atoms with van der Waals surface area (Å²) in [7, 11) is 0. The van der Waals surface area contributed by atoms with Crippen LogP contribution in [0.4, 0.5) is 10.1 Å². The van der Waals surface area contributed by atoms with Crippen molar-refractivity contribution in [2.24, 2.45) is 0 Å². The van der Waals surface area contributed by atoms with E-state index in [-0.39, 0.29) is 11.7 Å². The maximum absolute atomic E-state index is 13.1. The predicted molar refractivity (Wildman–Crippen MR) is 101 cm³/mol. The number of thioether (sulfide) groups is 1. The number of amides is 1. The Morgan fingerprint density at radius 3 is 2.80 bits per heavy atom. The summed E-state index contributed by atoms with van der Waals surface area (Å²) in [5, 5.41) is 3.04. The molecule has 1 aliphatic heterocycles. The molecule has 25 heavy (non-hydrogen) atoms. The molecule has 0 aliphatic carbocycles. The lowest BCUT2D eigenvalue weighted by Gasteiger charge is -2.28. The highest BCUT2D eigenvalue weighted by Gasteiger charge is 2.26. The SMILES string of the molecule is O=C(c1csc(-c2ccc(F)cc2)n1)N1CCSc2ccc(Cl)cc21. The van der Waals surface area contributed by atoms with E-state index in [1.54, 1.807) is 34.2 Å². The van der Waals surface area contributed by atoms with Crippen molar-refractivity contribution in [2.75, 3.05) is 17.2 Å². The van der Waals surface area contributed by atoms with Gasteiger partial charge in [-0.1, -0.05) is 11.6 Å². The quantitative estimate of drug-likeness (QED) is 0.591. The minimum Gasteiger partial charge on any atom is -0.305 e. The molecule has 1 aliphatic rings. The Morgan fingerprint density at radius 1 is 1.20 bits per heavy atom. The van der Waals surface area contributed by atoms with E-state index in [0.29, 0.717) is 22.3 Å². The fourth-order valence-corrected chi connectivity index (χ4v) is 4.58. The monoisotopic (exact) mass is 390 g/mol. The number of carbonyl (C=O) groups excluding carboxylic acids is 1. The molecule has 0 saturated carbocycles. The van der Waals surface area contributed by atoms with Crippen molar-refractivity contribution in [2.45, 2.75) is 4.90 Å². The fraction of sp³-hybridized carbons (Fsp3) is 0.111. The van der Waals surface area contributed by atoms with Crippen molar-refractivity contribution in [3.8, 4) is 10.6 Å². The summed E-state index contributed by atoms with van der Waals surface area (Å²) >= 11 is 9.18. The number of benzene rings is 2. The molecule has 3 nitrogen and oxygen atoms in total. The first kappa shape index (κ1) is 16.6. The number of aromatic nitrogens is 1. The van der Waals surface area contributed by atoms with Gasteiger partial charge in [0.15, 0.2) is 0 Å². The molecule has 2 heterocycles. The highest BCUT2D eigenvalue weighted by molar-refractivity contribution is 7.99. The van der Waals surface area contributed by atoms with Gasteiger partial charge in [-0.2, -0.15) is 0 Å². The van der Waals surface area contributed by atoms with Gasteiger partial charge in [-0.25, -0.2) is 9.37 Å². The van der Waals surface area contributed by atoms with Gasteiger partial charge in [0.25, 0.3) is 5.91 Å². The summed E-state index contributed by atoms with van der Waals surface area (Å²) in [6.07, 6.45) is 0. The summed E-state index contributed by atoms with van der Waals surface area (Å²) in [4.78, 5) is 20.1. The molecule has 0 fully saturated rings. The lowest BCUT2D eigenvalue weighted by molar-refractivity contribution is 0.0983. The third kappa shape index (κ3) is 3.29. The first-order valence-corrected chi connectivity index (χ1v) is 9.82. The van der Waals surface area contributed by atoms with Gasteiger partial charge in [0.1, 0.15) is 16.5 Å². The van der Waals surface area contributed by atoms with Crippen LogP contribution >= 0.6 is 34.7 Å². The van der Waals surface area contributed by atoms with Crippen molar-refractivity contribution in [3.63, 3.8) is 0 Å². The van der Waals surface area contributed by atoms with Crippen LogP contribution in [0.15, 0.2) is 52.7 Å². The zero-order valence-electron chi connectivity index (χ0n) is 12.9. The van der Waals surface area contributed by atoms with E-state index in [1.165, 1.54) is 23.5 Å². The lowest BCUT2D eigenvalue weighted by Crippen LogP contribution is -2.35. The van der Waals surface area contributed by atoms with E-state index in [2.05, 4.69) is 4.98 Å². The molecule has 0 radical (unpaired) electrons. The second-order valence-corrected chi connectivity index (χ2v) is 7.89. The van der Waals surface area contributed by atoms with Crippen LogP contribution in [-0.4, -0.2) is 23.2 Å². The Labute approximate surface area is 157 Å². The van der Waals surface area contributed by atoms with Crippen LogP contribution < -0.4 is 4.90 Å². The van der Waals surface area contributed by atoms with Crippen LogP contribution in [-0.2, 0) is 0 Å². The Hall–Kier alpha value is -1.89. The van der Waals surface area contributed by atoms with E-state index in [1.807, 2.05) is 18.2 Å². The van der Waals surface area contributed by atoms with Gasteiger partial charge < -0.3 is 4.90 Å². The first-order valence-electron chi connectivity index (χ1n) is 7.57. The standard InChI is InChI=1S/C18H12ClFN2OS2/c19-12-3-6-16-15(9-12)22(7-8-24-16)18(23)14-10-25-17(21-14)11-1-4-13(20)5-2-11/h1-6,9-10H,7-8H2. The number of nitrogens with zero attached hydrogens (tertiary/aromatic N) is 2. The second-order valence-electron chi connectivity index (χ2n) is 5.46. The van der Waals surface area contributed by atoms with E-state index in [4.69, 9.17) is 11.6 Å². The maximum Gasteiger partial charge on any atom is 0.277 e. The molecule has 4 rings (SSSR count). The summed E-state index contributed by atoms with van der Waals surface area (Å²) < 4.78 is 13.1. The molecule has 0 saturated heterocycles. The molecule has 0 N–H and O–H groups in total. The third-order valence-corrected chi connectivity index (χ3v) is 6.01. The van der Waals surface area contributed by atoms with Gasteiger partial charge in [-0.05, 0) is 42.5 Å². The Balaban J connectivity index is 1.65. The normalized spacial score (nSPS) is 13.6. The molecule has 0 spiro atoms. The highest BCUT2D eigenvalue weighted by Crippen LogP contribution is 2.37. The van der Waals surface area contributed by atoms with Crippen molar-refractivity contribution in [1.29, 1.82) is 0 Å². The van der Waals surface area contributed by atoms with Gasteiger partial charge in [0.05, 0.1) is 5.69 Å². The van der Waals surface area contributed by atoms with Gasteiger partial charge in [-0.15, -0.1) is 23.1 Å². The Morgan fingerprint density at radius 2 is 2.00 bits per heavy atom. The average Bonchev–Trinajstić information content (AvgIpc) is 3.11. The number of anilines is 1. The second kappa shape index (κ2) is 6.78. The minimum atomic E-state index is -0.295. The first-order chi connectivity index (χ1) is 12.1. The molecule has 7 heteroatoms. The van der Waals surface area contributed by atoms with Gasteiger partial charge in [0.2, 0.25) is 0 Å². The van der Waals surface area contributed by atoms with E-state index >= 15 is 0 Å². The third-order valence-electron chi connectivity index (χ3n) is 3.84. The Bertz CT molecular complexity index is 943. The van der Waals surface area contributed by atoms with Crippen LogP contribution in [0.1, 0.15) is 10.5 Å². The van der Waals surface area contributed by atoms with Gasteiger partial charge in [0, 0.05) is 33.2 Å². The smallest absolute Gasteiger partial charge is 0.277 e. The number of hydrogen-bond acceptors (Lipinski definition) is 4. The van der Waals surface area contributed by atoms with Crippen LogP contribution in [0.5, 0.6) is 0 Å². The predicted octanol–water partition coefficient (Wildman–Crippen LogP) is 5.36. The molecule has 1 amide bonds. The number of thiazole rings is 1. The highest BCUT2D eigenvalue weighted by atomic mass is 35.5. The molecular weight excluding hydrogens is 379 g/mol. The lowest BCUT2D eigenvalue weighted by atomic mass is 10.2. The van der Waals surface area contributed by atoms with Gasteiger partial charge >= 0.3 is 0 Å². The number of halogens is 2. The Kier molecular flexibility index (Phi) is 4.50. The molecule has 1 aromatic heterocycles. The number of hydrogen-bond donors (Lipinski definition) is 0. The minimum absolute atomic E-state index is 0.145. The summed E-state index contributed by atoms with van der Waals surface area (Å²) in [6.45, 7) is 0.611. The topological polar surface area (TPSA) is 33.2 Å². The summed E-state index contributed by atoms with van der Waals surface area (Å²) in [5.41, 5.74) is 2.01. The van der Waals surface area contributed by atoms with Gasteiger partial charge in [-0.3, -0.25) is 4.79 Å². The fourth-order valence-electron chi connectivity index (χ4n) is 2.64. The molecular formula is C18H12ClFN2OS2. The van der Waals surface area contributed by atoms with E-state index < -0.39 is 0 Å². The molecule has 0 unspecified atom stereocenters. The van der Waals surface area contributed by atoms with Crippen LogP contribution in [0.2, 0.25) is 5.02 Å². The zero-order valence-corrected chi connectivity index (χ0v) is 15.3. The summed E-state index contributed by atoms with van der Waals surface area (Å²) in [6, 6.07) is 11.7. The van der Waals surface area contributed by atoms with E-state index in [0.717, 1.165) is 21.9 Å². The van der Waals surface area contributed by atoms with Crippen molar-refractivity contribution in [1.82, 2.24) is 4.98 Å². The van der Waals surface area contributed by atoms with Crippen molar-refractivity contribution >= 4 is 46.3 Å². The van der Waals surface area contributed by atoms with Crippen molar-refractivity contribution < 1.29 is 9.18 Å². The van der Waals surface area contributed by atoms with Crippen molar-refractivity contribution in [3.05, 3.63) is 64.4 Å². The molecule has 0 bridgehead atoms.